The summed E-state index contributed by atoms with van der Waals surface area (Å²) in [6, 6.07) is 0. The Morgan fingerprint density at radius 1 is 1.60 bits per heavy atom. The Morgan fingerprint density at radius 3 is 2.10 bits per heavy atom. The second kappa shape index (κ2) is 3.62. The Labute approximate surface area is 73.2 Å². The molecule has 0 aromatic heterocycles. The van der Waals surface area contributed by atoms with Gasteiger partial charge in [0.1, 0.15) is 6.23 Å². The molecule has 0 aromatic carbocycles. The first-order chi connectivity index (χ1) is 4.34. The lowest BCUT2D eigenvalue weighted by atomic mass is 10.6. The van der Waals surface area contributed by atoms with E-state index in [0.29, 0.717) is 0 Å². The first-order valence-corrected chi connectivity index (χ1v) is 3.53. The smallest absolute Gasteiger partial charge is 0.274 e. The van der Waals surface area contributed by atoms with Gasteiger partial charge in [-0.2, -0.15) is 0 Å². The normalized spacial score (nSPS) is 14.5. The topological polar surface area (TPSA) is 49.3 Å². The van der Waals surface area contributed by atoms with E-state index < -0.39 is 15.9 Å². The molecule has 0 saturated carbocycles. The minimum absolute atomic E-state index is 0.840. The number of carbonyl (C=O) groups is 1. The second-order valence-electron chi connectivity index (χ2n) is 1.65. The summed E-state index contributed by atoms with van der Waals surface area (Å²) in [6.07, 6.45) is -1.01. The van der Waals surface area contributed by atoms with Gasteiger partial charge in [0, 0.05) is 0 Å². The monoisotopic (exact) mass is 205 g/mol. The van der Waals surface area contributed by atoms with Gasteiger partial charge in [-0.3, -0.25) is 4.79 Å². The Hall–Kier alpha value is 0.300. The first kappa shape index (κ1) is 10.3. The van der Waals surface area contributed by atoms with Crippen LogP contribution in [-0.2, 0) is 4.79 Å². The van der Waals surface area contributed by atoms with Crippen molar-refractivity contribution in [2.75, 3.05) is 0 Å². The van der Waals surface area contributed by atoms with Crippen molar-refractivity contribution in [1.29, 1.82) is 0 Å². The molecular formula is C4H6Cl3NO2. The summed E-state index contributed by atoms with van der Waals surface area (Å²) in [5, 5.41) is 10.6. The van der Waals surface area contributed by atoms with Crippen molar-refractivity contribution >= 4 is 40.7 Å². The number of hydrogen-bond donors (Lipinski definition) is 2. The predicted molar refractivity (Wildman–Crippen MR) is 40.1 cm³/mol. The van der Waals surface area contributed by atoms with Crippen molar-refractivity contribution < 1.29 is 9.90 Å². The summed E-state index contributed by atoms with van der Waals surface area (Å²) >= 11 is 15.4. The molecule has 0 aliphatic carbocycles. The minimum Gasteiger partial charge on any atom is -0.374 e. The third kappa shape index (κ3) is 4.17. The van der Waals surface area contributed by atoms with Gasteiger partial charge in [0.15, 0.2) is 0 Å². The molecule has 0 aliphatic rings. The molecule has 1 unspecified atom stereocenters. The van der Waals surface area contributed by atoms with E-state index in [4.69, 9.17) is 39.9 Å². The zero-order valence-corrected chi connectivity index (χ0v) is 7.33. The summed E-state index contributed by atoms with van der Waals surface area (Å²) in [6.45, 7) is 1.34. The quantitative estimate of drug-likeness (QED) is 0.493. The standard InChI is InChI=1S/C4H6Cl3NO2/c1-2(9)8-3(10)4(5,6)7/h2,9H,1H3,(H,8,10). The van der Waals surface area contributed by atoms with Crippen LogP contribution >= 0.6 is 34.8 Å². The van der Waals surface area contributed by atoms with Crippen LogP contribution in [0, 0.1) is 0 Å². The zero-order valence-electron chi connectivity index (χ0n) is 5.07. The number of aliphatic hydroxyl groups excluding tert-OH is 1. The number of amides is 1. The highest BCUT2D eigenvalue weighted by molar-refractivity contribution is 6.76. The average Bonchev–Trinajstić information content (AvgIpc) is 1.60. The lowest BCUT2D eigenvalue weighted by molar-refractivity contribution is -0.122. The van der Waals surface area contributed by atoms with Crippen molar-refractivity contribution in [3.63, 3.8) is 0 Å². The fourth-order valence-electron chi connectivity index (χ4n) is 0.272. The molecule has 0 heterocycles. The van der Waals surface area contributed by atoms with Crippen LogP contribution in [0.2, 0.25) is 0 Å². The molecular weight excluding hydrogens is 200 g/mol. The van der Waals surface area contributed by atoms with Crippen molar-refractivity contribution in [1.82, 2.24) is 5.32 Å². The molecule has 3 nitrogen and oxygen atoms in total. The van der Waals surface area contributed by atoms with Gasteiger partial charge in [0.05, 0.1) is 0 Å². The maximum atomic E-state index is 10.6. The van der Waals surface area contributed by atoms with Crippen molar-refractivity contribution in [2.24, 2.45) is 0 Å². The van der Waals surface area contributed by atoms with E-state index in [9.17, 15) is 4.79 Å². The Balaban J connectivity index is 3.87. The number of aliphatic hydroxyl groups is 1. The predicted octanol–water partition coefficient (Wildman–Crippen LogP) is 0.811. The van der Waals surface area contributed by atoms with Gasteiger partial charge < -0.3 is 10.4 Å². The highest BCUT2D eigenvalue weighted by Crippen LogP contribution is 2.25. The molecule has 1 amide bonds. The van der Waals surface area contributed by atoms with Gasteiger partial charge in [0.2, 0.25) is 0 Å². The average molecular weight is 206 g/mol. The van der Waals surface area contributed by atoms with Gasteiger partial charge in [-0.05, 0) is 6.92 Å². The number of rotatable bonds is 1. The molecule has 60 valence electrons. The minimum atomic E-state index is -2.00. The van der Waals surface area contributed by atoms with Crippen LogP contribution in [-0.4, -0.2) is 21.0 Å². The molecule has 0 aromatic rings. The maximum absolute atomic E-state index is 10.6. The number of carbonyl (C=O) groups excluding carboxylic acids is 1. The van der Waals surface area contributed by atoms with E-state index in [-0.39, 0.29) is 0 Å². The third-order valence-electron chi connectivity index (χ3n) is 0.597. The SMILES string of the molecule is CC(O)NC(=O)C(Cl)(Cl)Cl. The first-order valence-electron chi connectivity index (χ1n) is 2.40. The molecule has 0 bridgehead atoms. The van der Waals surface area contributed by atoms with Crippen LogP contribution in [0.5, 0.6) is 0 Å². The molecule has 0 rings (SSSR count). The van der Waals surface area contributed by atoms with Crippen LogP contribution in [0.4, 0.5) is 0 Å². The highest BCUT2D eigenvalue weighted by Gasteiger charge is 2.30. The van der Waals surface area contributed by atoms with Crippen LogP contribution in [0.3, 0.4) is 0 Å². The van der Waals surface area contributed by atoms with Crippen LogP contribution in [0.15, 0.2) is 0 Å². The number of alkyl halides is 3. The Bertz CT molecular complexity index is 131. The van der Waals surface area contributed by atoms with Crippen LogP contribution < -0.4 is 5.32 Å². The maximum Gasteiger partial charge on any atom is 0.274 e. The van der Waals surface area contributed by atoms with Gasteiger partial charge in [-0.15, -0.1) is 0 Å². The van der Waals surface area contributed by atoms with Crippen molar-refractivity contribution in [3.05, 3.63) is 0 Å². The second-order valence-corrected chi connectivity index (χ2v) is 3.93. The Kier molecular flexibility index (Phi) is 3.73. The number of halogens is 3. The molecule has 2 N–H and O–H groups in total. The molecule has 0 fully saturated rings. The van der Waals surface area contributed by atoms with Crippen LogP contribution in [0.25, 0.3) is 0 Å². The molecule has 10 heavy (non-hydrogen) atoms. The third-order valence-corrected chi connectivity index (χ3v) is 1.11. The van der Waals surface area contributed by atoms with E-state index in [1.165, 1.54) is 6.92 Å². The molecule has 1 atom stereocenters. The van der Waals surface area contributed by atoms with Gasteiger partial charge in [-0.1, -0.05) is 34.8 Å². The van der Waals surface area contributed by atoms with Gasteiger partial charge >= 0.3 is 0 Å². The molecule has 0 saturated heterocycles. The number of hydrogen-bond acceptors (Lipinski definition) is 2. The number of nitrogens with one attached hydrogen (secondary N) is 1. The fraction of sp³-hybridized carbons (Fsp3) is 0.750. The van der Waals surface area contributed by atoms with E-state index >= 15 is 0 Å². The van der Waals surface area contributed by atoms with E-state index in [1.54, 1.807) is 0 Å². The summed E-state index contributed by atoms with van der Waals surface area (Å²) < 4.78 is -2.00. The zero-order chi connectivity index (χ0) is 8.36. The van der Waals surface area contributed by atoms with E-state index in [2.05, 4.69) is 0 Å². The van der Waals surface area contributed by atoms with Gasteiger partial charge in [-0.25, -0.2) is 0 Å². The molecule has 0 radical (unpaired) electrons. The molecule has 0 aliphatic heterocycles. The van der Waals surface area contributed by atoms with Gasteiger partial charge in [0.25, 0.3) is 9.70 Å². The molecule has 6 heteroatoms. The van der Waals surface area contributed by atoms with Crippen molar-refractivity contribution in [2.45, 2.75) is 16.9 Å². The Morgan fingerprint density at radius 2 is 2.00 bits per heavy atom. The summed E-state index contributed by atoms with van der Waals surface area (Å²) in [5.41, 5.74) is 0. The molecule has 0 spiro atoms. The fourth-order valence-corrected chi connectivity index (χ4v) is 0.435. The van der Waals surface area contributed by atoms with E-state index in [0.717, 1.165) is 0 Å². The summed E-state index contributed by atoms with van der Waals surface area (Å²) in [4.78, 5) is 10.6. The summed E-state index contributed by atoms with van der Waals surface area (Å²) in [5.74, 6) is -0.840. The van der Waals surface area contributed by atoms with Crippen LogP contribution in [0.1, 0.15) is 6.92 Å². The summed E-state index contributed by atoms with van der Waals surface area (Å²) in [7, 11) is 0. The van der Waals surface area contributed by atoms with Crippen molar-refractivity contribution in [3.8, 4) is 0 Å². The highest BCUT2D eigenvalue weighted by atomic mass is 35.6. The lowest BCUT2D eigenvalue weighted by Crippen LogP contribution is -2.40. The lowest BCUT2D eigenvalue weighted by Gasteiger charge is -2.12. The van der Waals surface area contributed by atoms with E-state index in [1.807, 2.05) is 5.32 Å². The largest absolute Gasteiger partial charge is 0.374 e.